The van der Waals surface area contributed by atoms with E-state index in [1.54, 1.807) is 0 Å². The van der Waals surface area contributed by atoms with E-state index in [0.717, 1.165) is 12.0 Å². The van der Waals surface area contributed by atoms with Gasteiger partial charge in [-0.3, -0.25) is 10.1 Å². The number of primary amides is 1. The lowest BCUT2D eigenvalue weighted by atomic mass is 9.78. The molecule has 2 rings (SSSR count). The van der Waals surface area contributed by atoms with Crippen LogP contribution < -0.4 is 11.1 Å². The molecule has 4 nitrogen and oxygen atoms in total. The van der Waals surface area contributed by atoms with Gasteiger partial charge in [0.1, 0.15) is 5.54 Å². The fraction of sp³-hybridized carbons (Fsp3) is 0.562. The molecule has 1 aliphatic heterocycles. The van der Waals surface area contributed by atoms with Crippen LogP contribution in [0.1, 0.15) is 38.7 Å². The summed E-state index contributed by atoms with van der Waals surface area (Å²) in [6.07, 6.45) is 2.12. The summed E-state index contributed by atoms with van der Waals surface area (Å²) in [5.74, 6) is -0.281. The minimum Gasteiger partial charge on any atom is -0.375 e. The Labute approximate surface area is 120 Å². The number of carbonyl (C=O) groups excluding carboxylic acids is 1. The van der Waals surface area contributed by atoms with Gasteiger partial charge in [-0.05, 0) is 25.3 Å². The van der Waals surface area contributed by atoms with Crippen LogP contribution in [0.25, 0.3) is 0 Å². The van der Waals surface area contributed by atoms with Gasteiger partial charge in [-0.2, -0.15) is 0 Å². The zero-order valence-corrected chi connectivity index (χ0v) is 12.3. The van der Waals surface area contributed by atoms with Gasteiger partial charge in [-0.15, -0.1) is 0 Å². The molecule has 2 atom stereocenters. The van der Waals surface area contributed by atoms with E-state index >= 15 is 0 Å². The molecule has 110 valence electrons. The molecule has 1 fully saturated rings. The first-order valence-electron chi connectivity index (χ1n) is 7.22. The van der Waals surface area contributed by atoms with Gasteiger partial charge in [-0.1, -0.05) is 37.3 Å². The summed E-state index contributed by atoms with van der Waals surface area (Å²) in [5, 5.41) is 3.39. The van der Waals surface area contributed by atoms with Crippen LogP contribution in [-0.4, -0.2) is 23.7 Å². The number of hydrogen-bond acceptors (Lipinski definition) is 3. The Kier molecular flexibility index (Phi) is 4.45. The van der Waals surface area contributed by atoms with Crippen LogP contribution in [0.15, 0.2) is 30.3 Å². The van der Waals surface area contributed by atoms with Crippen molar-refractivity contribution in [2.24, 2.45) is 5.73 Å². The molecule has 3 N–H and O–H groups in total. The highest BCUT2D eigenvalue weighted by molar-refractivity contribution is 5.85. The van der Waals surface area contributed by atoms with E-state index in [0.29, 0.717) is 26.0 Å². The second-order valence-corrected chi connectivity index (χ2v) is 5.86. The van der Waals surface area contributed by atoms with Crippen molar-refractivity contribution < 1.29 is 9.53 Å². The van der Waals surface area contributed by atoms with Gasteiger partial charge in [-0.25, -0.2) is 0 Å². The molecule has 1 aliphatic rings. The van der Waals surface area contributed by atoms with Crippen molar-refractivity contribution in [1.29, 1.82) is 0 Å². The topological polar surface area (TPSA) is 64.3 Å². The minimum atomic E-state index is -0.668. The predicted octanol–water partition coefficient (Wildman–Crippen LogP) is 1.98. The number of nitrogens with one attached hydrogen (secondary N) is 1. The van der Waals surface area contributed by atoms with Crippen LogP contribution in [0, 0.1) is 0 Å². The van der Waals surface area contributed by atoms with Gasteiger partial charge in [0.15, 0.2) is 0 Å². The van der Waals surface area contributed by atoms with Crippen LogP contribution in [0.4, 0.5) is 0 Å². The molecule has 1 heterocycles. The van der Waals surface area contributed by atoms with E-state index in [-0.39, 0.29) is 11.5 Å². The summed E-state index contributed by atoms with van der Waals surface area (Å²) < 4.78 is 5.82. The van der Waals surface area contributed by atoms with Gasteiger partial charge in [0.25, 0.3) is 0 Å². The van der Waals surface area contributed by atoms with E-state index in [4.69, 9.17) is 10.5 Å². The fourth-order valence-corrected chi connectivity index (χ4v) is 2.79. The highest BCUT2D eigenvalue weighted by atomic mass is 16.5. The zero-order chi connectivity index (χ0) is 14.6. The molecule has 1 amide bonds. The van der Waals surface area contributed by atoms with Crippen LogP contribution in [0.5, 0.6) is 0 Å². The SMILES string of the molecule is CCC1(C)CC(NCc2ccccc2)(C(N)=O)CCO1. The van der Waals surface area contributed by atoms with Crippen molar-refractivity contribution in [1.82, 2.24) is 5.32 Å². The molecule has 4 heteroatoms. The number of ether oxygens (including phenoxy) is 1. The summed E-state index contributed by atoms with van der Waals surface area (Å²) in [4.78, 5) is 12.0. The molecule has 0 aromatic heterocycles. The number of benzene rings is 1. The third kappa shape index (κ3) is 3.19. The number of amides is 1. The molecule has 1 aromatic carbocycles. The summed E-state index contributed by atoms with van der Waals surface area (Å²) in [7, 11) is 0. The van der Waals surface area contributed by atoms with Crippen LogP contribution in [-0.2, 0) is 16.1 Å². The monoisotopic (exact) mass is 276 g/mol. The highest BCUT2D eigenvalue weighted by Crippen LogP contribution is 2.34. The highest BCUT2D eigenvalue weighted by Gasteiger charge is 2.46. The molecule has 0 spiro atoms. The Morgan fingerprint density at radius 2 is 2.10 bits per heavy atom. The summed E-state index contributed by atoms with van der Waals surface area (Å²) in [6, 6.07) is 10.1. The van der Waals surface area contributed by atoms with Crippen molar-refractivity contribution in [3.8, 4) is 0 Å². The largest absolute Gasteiger partial charge is 0.375 e. The summed E-state index contributed by atoms with van der Waals surface area (Å²) >= 11 is 0. The summed E-state index contributed by atoms with van der Waals surface area (Å²) in [5.41, 5.74) is 5.89. The molecule has 1 saturated heterocycles. The van der Waals surface area contributed by atoms with Crippen molar-refractivity contribution >= 4 is 5.91 Å². The maximum atomic E-state index is 12.0. The number of carbonyl (C=O) groups is 1. The van der Waals surface area contributed by atoms with E-state index in [1.807, 2.05) is 37.3 Å². The Morgan fingerprint density at radius 1 is 1.40 bits per heavy atom. The Bertz CT molecular complexity index is 463. The second-order valence-electron chi connectivity index (χ2n) is 5.86. The normalized spacial score (nSPS) is 30.1. The lowest BCUT2D eigenvalue weighted by Gasteiger charge is -2.44. The molecule has 0 saturated carbocycles. The first-order valence-corrected chi connectivity index (χ1v) is 7.22. The van der Waals surface area contributed by atoms with Crippen LogP contribution >= 0.6 is 0 Å². The van der Waals surface area contributed by atoms with Crippen LogP contribution in [0.3, 0.4) is 0 Å². The van der Waals surface area contributed by atoms with Gasteiger partial charge in [0.2, 0.25) is 5.91 Å². The van der Waals surface area contributed by atoms with Gasteiger partial charge < -0.3 is 10.5 Å². The van der Waals surface area contributed by atoms with E-state index in [2.05, 4.69) is 12.2 Å². The fourth-order valence-electron chi connectivity index (χ4n) is 2.79. The van der Waals surface area contributed by atoms with Gasteiger partial charge >= 0.3 is 0 Å². The number of hydrogen-bond donors (Lipinski definition) is 2. The lowest BCUT2D eigenvalue weighted by Crippen LogP contribution is -2.62. The summed E-state index contributed by atoms with van der Waals surface area (Å²) in [6.45, 7) is 5.33. The molecule has 1 aromatic rings. The Morgan fingerprint density at radius 3 is 2.70 bits per heavy atom. The average molecular weight is 276 g/mol. The first kappa shape index (κ1) is 15.0. The van der Waals surface area contributed by atoms with E-state index in [9.17, 15) is 4.79 Å². The standard InChI is InChI=1S/C16H24N2O2/c1-3-15(2)12-16(14(17)19,9-10-20-15)18-11-13-7-5-4-6-8-13/h4-8,18H,3,9-12H2,1-2H3,(H2,17,19). The number of nitrogens with two attached hydrogens (primary N) is 1. The van der Waals surface area contributed by atoms with Gasteiger partial charge in [0, 0.05) is 19.6 Å². The molecule has 0 radical (unpaired) electrons. The van der Waals surface area contributed by atoms with Crippen molar-refractivity contribution in [3.63, 3.8) is 0 Å². The number of rotatable bonds is 5. The van der Waals surface area contributed by atoms with E-state index in [1.165, 1.54) is 0 Å². The minimum absolute atomic E-state index is 0.281. The van der Waals surface area contributed by atoms with Crippen molar-refractivity contribution in [2.45, 2.75) is 50.8 Å². The molecule has 0 aliphatic carbocycles. The van der Waals surface area contributed by atoms with E-state index < -0.39 is 5.54 Å². The maximum Gasteiger partial charge on any atom is 0.237 e. The lowest BCUT2D eigenvalue weighted by molar-refractivity contribution is -0.141. The quantitative estimate of drug-likeness (QED) is 0.864. The Hall–Kier alpha value is -1.39. The molecule has 0 bridgehead atoms. The maximum absolute atomic E-state index is 12.0. The molecule has 20 heavy (non-hydrogen) atoms. The van der Waals surface area contributed by atoms with Crippen molar-refractivity contribution in [2.75, 3.05) is 6.61 Å². The van der Waals surface area contributed by atoms with Crippen molar-refractivity contribution in [3.05, 3.63) is 35.9 Å². The second kappa shape index (κ2) is 5.94. The third-order valence-electron chi connectivity index (χ3n) is 4.35. The molecule has 2 unspecified atom stereocenters. The third-order valence-corrected chi connectivity index (χ3v) is 4.35. The average Bonchev–Trinajstić information content (AvgIpc) is 2.46. The van der Waals surface area contributed by atoms with Gasteiger partial charge in [0.05, 0.1) is 5.60 Å². The molecular formula is C16H24N2O2. The Balaban J connectivity index is 2.12. The smallest absolute Gasteiger partial charge is 0.237 e. The van der Waals surface area contributed by atoms with Crippen LogP contribution in [0.2, 0.25) is 0 Å². The zero-order valence-electron chi connectivity index (χ0n) is 12.3. The molecular weight excluding hydrogens is 252 g/mol. The predicted molar refractivity (Wildman–Crippen MR) is 79.1 cm³/mol. The first-order chi connectivity index (χ1) is 9.50.